The number of carboxylic acid groups (broad SMARTS) is 1. The van der Waals surface area contributed by atoms with Crippen LogP contribution in [0.1, 0.15) is 54.3 Å². The standard InChI is InChI=1S/C14H21N3O3/c1-4-14(5-2,20-3)13-16-10-8-15-7-6-9(10)11(17-13)12(18)19/h15H,4-8H2,1-3H3,(H,18,19). The van der Waals surface area contributed by atoms with Crippen molar-refractivity contribution in [2.75, 3.05) is 13.7 Å². The van der Waals surface area contributed by atoms with Gasteiger partial charge in [0, 0.05) is 19.2 Å². The second-order valence-corrected chi connectivity index (χ2v) is 4.96. The first-order valence-corrected chi connectivity index (χ1v) is 6.97. The molecule has 110 valence electrons. The van der Waals surface area contributed by atoms with E-state index in [1.807, 2.05) is 13.8 Å². The maximum atomic E-state index is 11.5. The average molecular weight is 279 g/mol. The first-order valence-electron chi connectivity index (χ1n) is 6.97. The molecule has 2 N–H and O–H groups in total. The first kappa shape index (κ1) is 14.9. The van der Waals surface area contributed by atoms with Crippen LogP contribution in [-0.4, -0.2) is 34.7 Å². The largest absolute Gasteiger partial charge is 0.477 e. The van der Waals surface area contributed by atoms with E-state index in [0.717, 1.165) is 17.8 Å². The zero-order chi connectivity index (χ0) is 14.8. The Morgan fingerprint density at radius 2 is 2.10 bits per heavy atom. The molecule has 0 aromatic carbocycles. The van der Waals surface area contributed by atoms with E-state index in [4.69, 9.17) is 4.74 Å². The minimum atomic E-state index is -0.996. The highest BCUT2D eigenvalue weighted by Gasteiger charge is 2.34. The Hall–Kier alpha value is -1.53. The molecule has 0 radical (unpaired) electrons. The third-order valence-corrected chi connectivity index (χ3v) is 4.08. The lowest BCUT2D eigenvalue weighted by Crippen LogP contribution is -2.34. The van der Waals surface area contributed by atoms with Gasteiger partial charge in [-0.1, -0.05) is 13.8 Å². The molecule has 1 aromatic rings. The molecule has 2 rings (SSSR count). The van der Waals surface area contributed by atoms with E-state index < -0.39 is 11.6 Å². The highest BCUT2D eigenvalue weighted by atomic mass is 16.5. The van der Waals surface area contributed by atoms with Crippen molar-refractivity contribution < 1.29 is 14.6 Å². The zero-order valence-corrected chi connectivity index (χ0v) is 12.2. The van der Waals surface area contributed by atoms with Gasteiger partial charge in [0.05, 0.1) is 5.69 Å². The summed E-state index contributed by atoms with van der Waals surface area (Å²) in [6, 6.07) is 0. The molecule has 0 unspecified atom stereocenters. The Morgan fingerprint density at radius 1 is 1.40 bits per heavy atom. The molecule has 0 atom stereocenters. The number of aromatic carboxylic acids is 1. The molecule has 20 heavy (non-hydrogen) atoms. The Balaban J connectivity index is 2.60. The number of carbonyl (C=O) groups is 1. The van der Waals surface area contributed by atoms with Gasteiger partial charge < -0.3 is 15.2 Å². The summed E-state index contributed by atoms with van der Waals surface area (Å²) in [5.74, 6) is -0.520. The van der Waals surface area contributed by atoms with E-state index in [1.54, 1.807) is 7.11 Å². The number of hydrogen-bond acceptors (Lipinski definition) is 5. The fraction of sp³-hybridized carbons (Fsp3) is 0.643. The minimum absolute atomic E-state index is 0.120. The van der Waals surface area contributed by atoms with Crippen molar-refractivity contribution in [1.29, 1.82) is 0 Å². The Kier molecular flexibility index (Phi) is 4.35. The number of ether oxygens (including phenoxy) is 1. The fourth-order valence-electron chi connectivity index (χ4n) is 2.69. The first-order chi connectivity index (χ1) is 9.57. The van der Waals surface area contributed by atoms with Gasteiger partial charge in [-0.2, -0.15) is 0 Å². The van der Waals surface area contributed by atoms with Crippen molar-refractivity contribution in [3.05, 3.63) is 22.8 Å². The van der Waals surface area contributed by atoms with Gasteiger partial charge in [-0.3, -0.25) is 0 Å². The summed E-state index contributed by atoms with van der Waals surface area (Å²) in [5.41, 5.74) is 1.03. The van der Waals surface area contributed by atoms with Crippen molar-refractivity contribution in [3.63, 3.8) is 0 Å². The topological polar surface area (TPSA) is 84.3 Å². The zero-order valence-electron chi connectivity index (χ0n) is 12.2. The maximum Gasteiger partial charge on any atom is 0.354 e. The van der Waals surface area contributed by atoms with Crippen molar-refractivity contribution in [2.45, 2.75) is 45.3 Å². The van der Waals surface area contributed by atoms with Crippen LogP contribution < -0.4 is 5.32 Å². The fourth-order valence-corrected chi connectivity index (χ4v) is 2.69. The van der Waals surface area contributed by atoms with Gasteiger partial charge in [-0.15, -0.1) is 0 Å². The third kappa shape index (κ3) is 2.41. The molecule has 0 bridgehead atoms. The van der Waals surface area contributed by atoms with Gasteiger partial charge in [-0.25, -0.2) is 14.8 Å². The summed E-state index contributed by atoms with van der Waals surface area (Å²) in [6.07, 6.45) is 2.05. The van der Waals surface area contributed by atoms with Gasteiger partial charge >= 0.3 is 5.97 Å². The minimum Gasteiger partial charge on any atom is -0.477 e. The Bertz CT molecular complexity index is 504. The van der Waals surface area contributed by atoms with Gasteiger partial charge in [0.2, 0.25) is 0 Å². The predicted molar refractivity (Wildman–Crippen MR) is 73.7 cm³/mol. The highest BCUT2D eigenvalue weighted by Crippen LogP contribution is 2.31. The van der Waals surface area contributed by atoms with Crippen LogP contribution in [0.4, 0.5) is 0 Å². The van der Waals surface area contributed by atoms with Crippen LogP contribution in [0.5, 0.6) is 0 Å². The summed E-state index contributed by atoms with van der Waals surface area (Å²) in [4.78, 5) is 20.4. The second kappa shape index (κ2) is 5.85. The number of methoxy groups -OCH3 is 1. The number of hydrogen-bond donors (Lipinski definition) is 2. The maximum absolute atomic E-state index is 11.5. The van der Waals surface area contributed by atoms with Crippen LogP contribution in [0.15, 0.2) is 0 Å². The van der Waals surface area contributed by atoms with Crippen molar-refractivity contribution >= 4 is 5.97 Å². The highest BCUT2D eigenvalue weighted by molar-refractivity contribution is 5.87. The van der Waals surface area contributed by atoms with E-state index >= 15 is 0 Å². The molecule has 2 heterocycles. The molecule has 0 amide bonds. The molecule has 1 aliphatic heterocycles. The number of nitrogens with one attached hydrogen (secondary N) is 1. The van der Waals surface area contributed by atoms with Crippen molar-refractivity contribution in [3.8, 4) is 0 Å². The molecule has 0 aliphatic carbocycles. The number of carboxylic acids is 1. The van der Waals surface area contributed by atoms with E-state index in [-0.39, 0.29) is 5.69 Å². The quantitative estimate of drug-likeness (QED) is 0.849. The molecule has 6 heteroatoms. The van der Waals surface area contributed by atoms with Gasteiger partial charge in [-0.05, 0) is 25.8 Å². The van der Waals surface area contributed by atoms with Gasteiger partial charge in [0.15, 0.2) is 11.5 Å². The van der Waals surface area contributed by atoms with Gasteiger partial charge in [0.1, 0.15) is 5.60 Å². The molecular weight excluding hydrogens is 258 g/mol. The van der Waals surface area contributed by atoms with E-state index in [9.17, 15) is 9.90 Å². The van der Waals surface area contributed by atoms with Crippen molar-refractivity contribution in [2.24, 2.45) is 0 Å². The molecule has 6 nitrogen and oxygen atoms in total. The molecule has 0 fully saturated rings. The second-order valence-electron chi connectivity index (χ2n) is 4.96. The van der Waals surface area contributed by atoms with Crippen LogP contribution in [0, 0.1) is 0 Å². The van der Waals surface area contributed by atoms with Crippen LogP contribution in [0.25, 0.3) is 0 Å². The summed E-state index contributed by atoms with van der Waals surface area (Å²) >= 11 is 0. The average Bonchev–Trinajstić information content (AvgIpc) is 2.48. The molecule has 0 saturated heterocycles. The van der Waals surface area contributed by atoms with Crippen LogP contribution >= 0.6 is 0 Å². The Morgan fingerprint density at radius 3 is 2.65 bits per heavy atom. The number of nitrogens with zero attached hydrogens (tertiary/aromatic N) is 2. The SMILES string of the molecule is CCC(CC)(OC)c1nc2c(c(C(=O)O)n1)CCNC2. The molecule has 1 aliphatic rings. The number of aromatic nitrogens is 2. The van der Waals surface area contributed by atoms with Crippen LogP contribution in [-0.2, 0) is 23.3 Å². The van der Waals surface area contributed by atoms with E-state index in [2.05, 4.69) is 15.3 Å². The summed E-state index contributed by atoms with van der Waals surface area (Å²) in [6.45, 7) is 5.33. The molecular formula is C14H21N3O3. The molecule has 0 saturated carbocycles. The van der Waals surface area contributed by atoms with E-state index in [1.165, 1.54) is 0 Å². The lowest BCUT2D eigenvalue weighted by molar-refractivity contribution is -0.0295. The van der Waals surface area contributed by atoms with Crippen LogP contribution in [0.3, 0.4) is 0 Å². The summed E-state index contributed by atoms with van der Waals surface area (Å²) in [5, 5.41) is 12.6. The number of fused-ring (bicyclic) bond motifs is 1. The number of rotatable bonds is 5. The van der Waals surface area contributed by atoms with E-state index in [0.29, 0.717) is 31.6 Å². The normalized spacial score (nSPS) is 14.9. The van der Waals surface area contributed by atoms with Gasteiger partial charge in [0.25, 0.3) is 0 Å². The lowest BCUT2D eigenvalue weighted by atomic mass is 9.94. The summed E-state index contributed by atoms with van der Waals surface area (Å²) < 4.78 is 5.61. The Labute approximate surface area is 118 Å². The molecule has 1 aromatic heterocycles. The predicted octanol–water partition coefficient (Wildman–Crippen LogP) is 1.48. The third-order valence-electron chi connectivity index (χ3n) is 4.08. The summed E-state index contributed by atoms with van der Waals surface area (Å²) in [7, 11) is 1.62. The lowest BCUT2D eigenvalue weighted by Gasteiger charge is -2.30. The van der Waals surface area contributed by atoms with Crippen LogP contribution in [0.2, 0.25) is 0 Å². The smallest absolute Gasteiger partial charge is 0.354 e. The van der Waals surface area contributed by atoms with Crippen molar-refractivity contribution in [1.82, 2.24) is 15.3 Å². The monoisotopic (exact) mass is 279 g/mol. The molecule has 0 spiro atoms.